The minimum atomic E-state index is 0.141. The van der Waals surface area contributed by atoms with E-state index in [0.29, 0.717) is 5.92 Å². The topological polar surface area (TPSA) is 35.2 Å². The zero-order chi connectivity index (χ0) is 7.56. The van der Waals surface area contributed by atoms with E-state index >= 15 is 0 Å². The first-order chi connectivity index (χ1) is 4.72. The van der Waals surface area contributed by atoms with Gasteiger partial charge in [-0.1, -0.05) is 12.2 Å². The molecule has 0 bridgehead atoms. The number of hydrogen-bond donors (Lipinski definition) is 1. The fourth-order valence-electron chi connectivity index (χ4n) is 1.24. The maximum absolute atomic E-state index is 5.84. The molecule has 2 N–H and O–H groups in total. The van der Waals surface area contributed by atoms with Crippen molar-refractivity contribution >= 4 is 0 Å². The standard InChI is InChI=1S/C8H15NO/c1-6(2)8(9)7-3-4-10-5-7/h7-8H,1,3-5,9H2,2H3. The Bertz CT molecular complexity index is 127. The van der Waals surface area contributed by atoms with Crippen molar-refractivity contribution < 1.29 is 4.74 Å². The summed E-state index contributed by atoms with van der Waals surface area (Å²) in [6, 6.07) is 0.141. The lowest BCUT2D eigenvalue weighted by Gasteiger charge is -2.16. The summed E-state index contributed by atoms with van der Waals surface area (Å²) in [5.41, 5.74) is 6.91. The first-order valence-corrected chi connectivity index (χ1v) is 3.70. The highest BCUT2D eigenvalue weighted by molar-refractivity contribution is 5.03. The molecule has 0 aliphatic carbocycles. The molecular weight excluding hydrogens is 126 g/mol. The van der Waals surface area contributed by atoms with E-state index in [2.05, 4.69) is 6.58 Å². The first-order valence-electron chi connectivity index (χ1n) is 3.70. The zero-order valence-corrected chi connectivity index (χ0v) is 6.47. The van der Waals surface area contributed by atoms with E-state index in [1.165, 1.54) is 0 Å². The first kappa shape index (κ1) is 7.76. The van der Waals surface area contributed by atoms with Gasteiger partial charge in [0.1, 0.15) is 0 Å². The van der Waals surface area contributed by atoms with Crippen molar-refractivity contribution in [3.8, 4) is 0 Å². The van der Waals surface area contributed by atoms with Gasteiger partial charge in [-0.15, -0.1) is 0 Å². The Morgan fingerprint density at radius 3 is 2.90 bits per heavy atom. The van der Waals surface area contributed by atoms with Gasteiger partial charge in [-0.25, -0.2) is 0 Å². The van der Waals surface area contributed by atoms with Crippen molar-refractivity contribution in [1.82, 2.24) is 0 Å². The van der Waals surface area contributed by atoms with Gasteiger partial charge < -0.3 is 10.5 Å². The molecule has 0 aromatic heterocycles. The van der Waals surface area contributed by atoms with Crippen LogP contribution in [0.15, 0.2) is 12.2 Å². The van der Waals surface area contributed by atoms with Gasteiger partial charge in [0.2, 0.25) is 0 Å². The molecule has 0 spiro atoms. The van der Waals surface area contributed by atoms with Crippen LogP contribution in [0.25, 0.3) is 0 Å². The molecule has 58 valence electrons. The monoisotopic (exact) mass is 141 g/mol. The maximum Gasteiger partial charge on any atom is 0.0513 e. The van der Waals surface area contributed by atoms with E-state index in [-0.39, 0.29) is 6.04 Å². The minimum absolute atomic E-state index is 0.141. The summed E-state index contributed by atoms with van der Waals surface area (Å²) in [4.78, 5) is 0. The Hall–Kier alpha value is -0.340. The smallest absolute Gasteiger partial charge is 0.0513 e. The Morgan fingerprint density at radius 1 is 1.80 bits per heavy atom. The minimum Gasteiger partial charge on any atom is -0.381 e. The molecule has 10 heavy (non-hydrogen) atoms. The number of ether oxygens (including phenoxy) is 1. The normalized spacial score (nSPS) is 28.4. The number of nitrogens with two attached hydrogens (primary N) is 1. The van der Waals surface area contributed by atoms with Crippen molar-refractivity contribution in [2.75, 3.05) is 13.2 Å². The van der Waals surface area contributed by atoms with Crippen LogP contribution < -0.4 is 5.73 Å². The van der Waals surface area contributed by atoms with E-state index in [1.54, 1.807) is 0 Å². The van der Waals surface area contributed by atoms with E-state index in [9.17, 15) is 0 Å². The van der Waals surface area contributed by atoms with Crippen LogP contribution in [-0.2, 0) is 4.74 Å². The van der Waals surface area contributed by atoms with Crippen LogP contribution in [0.1, 0.15) is 13.3 Å². The molecule has 0 aromatic rings. The highest BCUT2D eigenvalue weighted by atomic mass is 16.5. The summed E-state index contributed by atoms with van der Waals surface area (Å²) >= 11 is 0. The molecule has 0 radical (unpaired) electrons. The van der Waals surface area contributed by atoms with Crippen LogP contribution in [0.5, 0.6) is 0 Å². The maximum atomic E-state index is 5.84. The van der Waals surface area contributed by atoms with Crippen molar-refractivity contribution in [3.05, 3.63) is 12.2 Å². The third kappa shape index (κ3) is 1.58. The quantitative estimate of drug-likeness (QED) is 0.580. The van der Waals surface area contributed by atoms with E-state index < -0.39 is 0 Å². The van der Waals surface area contributed by atoms with Crippen LogP contribution in [0, 0.1) is 5.92 Å². The van der Waals surface area contributed by atoms with E-state index in [4.69, 9.17) is 10.5 Å². The van der Waals surface area contributed by atoms with Gasteiger partial charge in [0.05, 0.1) is 6.61 Å². The van der Waals surface area contributed by atoms with Gasteiger partial charge in [0.15, 0.2) is 0 Å². The number of hydrogen-bond acceptors (Lipinski definition) is 2. The molecule has 1 saturated heterocycles. The molecule has 2 unspecified atom stereocenters. The van der Waals surface area contributed by atoms with Crippen molar-refractivity contribution in [2.45, 2.75) is 19.4 Å². The van der Waals surface area contributed by atoms with Crippen molar-refractivity contribution in [1.29, 1.82) is 0 Å². The van der Waals surface area contributed by atoms with Gasteiger partial charge in [0.25, 0.3) is 0 Å². The zero-order valence-electron chi connectivity index (χ0n) is 6.47. The average molecular weight is 141 g/mol. The van der Waals surface area contributed by atoms with Gasteiger partial charge in [-0.05, 0) is 13.3 Å². The second-order valence-electron chi connectivity index (χ2n) is 3.00. The van der Waals surface area contributed by atoms with Crippen LogP contribution in [0.3, 0.4) is 0 Å². The Labute approximate surface area is 62.1 Å². The number of rotatable bonds is 2. The summed E-state index contributed by atoms with van der Waals surface area (Å²) in [5, 5.41) is 0. The van der Waals surface area contributed by atoms with Crippen LogP contribution >= 0.6 is 0 Å². The summed E-state index contributed by atoms with van der Waals surface area (Å²) < 4.78 is 5.21. The van der Waals surface area contributed by atoms with Gasteiger partial charge >= 0.3 is 0 Å². The summed E-state index contributed by atoms with van der Waals surface area (Å²) in [5.74, 6) is 0.512. The Balaban J connectivity index is 2.39. The highest BCUT2D eigenvalue weighted by Crippen LogP contribution is 2.18. The fourth-order valence-corrected chi connectivity index (χ4v) is 1.24. The van der Waals surface area contributed by atoms with E-state index in [1.807, 2.05) is 6.92 Å². The van der Waals surface area contributed by atoms with Crippen LogP contribution in [0.4, 0.5) is 0 Å². The highest BCUT2D eigenvalue weighted by Gasteiger charge is 2.22. The van der Waals surface area contributed by atoms with Gasteiger partial charge in [-0.2, -0.15) is 0 Å². The second kappa shape index (κ2) is 3.17. The largest absolute Gasteiger partial charge is 0.381 e. The average Bonchev–Trinajstić information content (AvgIpc) is 2.36. The molecular formula is C8H15NO. The van der Waals surface area contributed by atoms with Gasteiger partial charge in [-0.3, -0.25) is 0 Å². The molecule has 2 atom stereocenters. The SMILES string of the molecule is C=C(C)C(N)C1CCOC1. The molecule has 1 heterocycles. The Kier molecular flexibility index (Phi) is 2.46. The fraction of sp³-hybridized carbons (Fsp3) is 0.750. The molecule has 1 aliphatic rings. The molecule has 0 saturated carbocycles. The van der Waals surface area contributed by atoms with Crippen molar-refractivity contribution in [2.24, 2.45) is 11.7 Å². The van der Waals surface area contributed by atoms with E-state index in [0.717, 1.165) is 25.2 Å². The summed E-state index contributed by atoms with van der Waals surface area (Å²) in [6.07, 6.45) is 1.09. The molecule has 1 aliphatic heterocycles. The van der Waals surface area contributed by atoms with Crippen molar-refractivity contribution in [3.63, 3.8) is 0 Å². The molecule has 2 nitrogen and oxygen atoms in total. The Morgan fingerprint density at radius 2 is 2.50 bits per heavy atom. The second-order valence-corrected chi connectivity index (χ2v) is 3.00. The third-order valence-electron chi connectivity index (χ3n) is 2.04. The summed E-state index contributed by atoms with van der Waals surface area (Å²) in [7, 11) is 0. The lowest BCUT2D eigenvalue weighted by Crippen LogP contribution is -2.30. The lowest BCUT2D eigenvalue weighted by atomic mass is 9.95. The lowest BCUT2D eigenvalue weighted by molar-refractivity contribution is 0.183. The summed E-state index contributed by atoms with van der Waals surface area (Å²) in [6.45, 7) is 7.47. The van der Waals surface area contributed by atoms with Crippen LogP contribution in [0.2, 0.25) is 0 Å². The molecule has 0 aromatic carbocycles. The predicted octanol–water partition coefficient (Wildman–Crippen LogP) is 0.926. The van der Waals surface area contributed by atoms with Crippen LogP contribution in [-0.4, -0.2) is 19.3 Å². The third-order valence-corrected chi connectivity index (χ3v) is 2.04. The molecule has 1 rings (SSSR count). The molecule has 1 fully saturated rings. The van der Waals surface area contributed by atoms with Gasteiger partial charge in [0, 0.05) is 18.6 Å². The molecule has 2 heteroatoms. The molecule has 0 amide bonds. The predicted molar refractivity (Wildman–Crippen MR) is 41.7 cm³/mol.